The summed E-state index contributed by atoms with van der Waals surface area (Å²) < 4.78 is 10.8. The maximum Gasteiger partial charge on any atom is 0.321 e. The van der Waals surface area contributed by atoms with Gasteiger partial charge in [-0.1, -0.05) is 0 Å². The van der Waals surface area contributed by atoms with E-state index in [1.54, 1.807) is 36.2 Å². The summed E-state index contributed by atoms with van der Waals surface area (Å²) in [5.41, 5.74) is 1.24. The fourth-order valence-corrected chi connectivity index (χ4v) is 3.27. The Balaban J connectivity index is 1.48. The summed E-state index contributed by atoms with van der Waals surface area (Å²) in [5, 5.41) is 5.77. The first-order valence-electron chi connectivity index (χ1n) is 9.25. The molecule has 0 saturated carbocycles. The van der Waals surface area contributed by atoms with E-state index in [1.807, 2.05) is 0 Å². The molecule has 1 atom stereocenters. The molecule has 3 amide bonds. The molecule has 1 aromatic carbocycles. The molecule has 0 aliphatic carbocycles. The van der Waals surface area contributed by atoms with Crippen molar-refractivity contribution in [2.45, 2.75) is 37.8 Å². The smallest absolute Gasteiger partial charge is 0.321 e. The Morgan fingerprint density at radius 2 is 1.85 bits per heavy atom. The van der Waals surface area contributed by atoms with Crippen LogP contribution in [-0.2, 0) is 9.47 Å². The number of benzene rings is 1. The Labute approximate surface area is 154 Å². The lowest BCUT2D eigenvalue weighted by molar-refractivity contribution is 0.0544. The van der Waals surface area contributed by atoms with E-state index < -0.39 is 0 Å². The van der Waals surface area contributed by atoms with Gasteiger partial charge in [0.15, 0.2) is 0 Å². The SMILES string of the molecule is CN(C(=O)Nc1ccc(C(=O)NCC2CCCO2)cc1)C1CCOCC1. The van der Waals surface area contributed by atoms with Crippen molar-refractivity contribution in [1.82, 2.24) is 10.2 Å². The monoisotopic (exact) mass is 361 g/mol. The maximum absolute atomic E-state index is 12.4. The van der Waals surface area contributed by atoms with Crippen LogP contribution in [0.4, 0.5) is 10.5 Å². The highest BCUT2D eigenvalue weighted by molar-refractivity contribution is 5.95. The van der Waals surface area contributed by atoms with Crippen LogP contribution in [0.5, 0.6) is 0 Å². The van der Waals surface area contributed by atoms with E-state index in [1.165, 1.54) is 0 Å². The predicted molar refractivity (Wildman–Crippen MR) is 98.4 cm³/mol. The molecule has 7 heteroatoms. The number of urea groups is 1. The second kappa shape index (κ2) is 9.00. The topological polar surface area (TPSA) is 79.9 Å². The van der Waals surface area contributed by atoms with Crippen LogP contribution in [0, 0.1) is 0 Å². The standard InChI is InChI=1S/C19H27N3O4/c1-22(16-8-11-25-12-9-16)19(24)21-15-6-4-14(5-7-15)18(23)20-13-17-3-2-10-26-17/h4-7,16-17H,2-3,8-13H2,1H3,(H,20,23)(H,21,24). The van der Waals surface area contributed by atoms with E-state index in [9.17, 15) is 9.59 Å². The Morgan fingerprint density at radius 3 is 2.50 bits per heavy atom. The van der Waals surface area contributed by atoms with Gasteiger partial charge in [-0.05, 0) is 49.9 Å². The lowest BCUT2D eigenvalue weighted by Gasteiger charge is -2.31. The Hall–Kier alpha value is -2.12. The van der Waals surface area contributed by atoms with E-state index in [0.717, 1.165) is 32.3 Å². The third-order valence-corrected chi connectivity index (χ3v) is 4.97. The van der Waals surface area contributed by atoms with Crippen LogP contribution in [0.2, 0.25) is 0 Å². The van der Waals surface area contributed by atoms with Crippen molar-refractivity contribution in [2.75, 3.05) is 38.7 Å². The molecule has 3 rings (SSSR count). The van der Waals surface area contributed by atoms with Gasteiger partial charge >= 0.3 is 6.03 Å². The molecule has 2 aliphatic heterocycles. The molecular formula is C19H27N3O4. The molecule has 2 aliphatic rings. The lowest BCUT2D eigenvalue weighted by atomic mass is 10.1. The predicted octanol–water partition coefficient (Wildman–Crippen LogP) is 2.24. The minimum Gasteiger partial charge on any atom is -0.381 e. The second-order valence-corrected chi connectivity index (χ2v) is 6.81. The number of carbonyl (C=O) groups is 2. The summed E-state index contributed by atoms with van der Waals surface area (Å²) in [5.74, 6) is -0.127. The largest absolute Gasteiger partial charge is 0.381 e. The Morgan fingerprint density at radius 1 is 1.12 bits per heavy atom. The molecule has 2 saturated heterocycles. The lowest BCUT2D eigenvalue weighted by Crippen LogP contribution is -2.42. The molecule has 2 heterocycles. The number of anilines is 1. The molecule has 0 bridgehead atoms. The zero-order valence-electron chi connectivity index (χ0n) is 15.2. The van der Waals surface area contributed by atoms with E-state index in [4.69, 9.17) is 9.47 Å². The first-order valence-corrected chi connectivity index (χ1v) is 9.25. The summed E-state index contributed by atoms with van der Waals surface area (Å²) in [6, 6.07) is 6.98. The molecule has 26 heavy (non-hydrogen) atoms. The van der Waals surface area contributed by atoms with Crippen LogP contribution < -0.4 is 10.6 Å². The molecule has 2 fully saturated rings. The molecule has 142 valence electrons. The fourth-order valence-electron chi connectivity index (χ4n) is 3.27. The Bertz CT molecular complexity index is 608. The number of ether oxygens (including phenoxy) is 2. The maximum atomic E-state index is 12.4. The third kappa shape index (κ3) is 4.95. The van der Waals surface area contributed by atoms with Gasteiger partial charge in [0, 0.05) is 50.7 Å². The van der Waals surface area contributed by atoms with Crippen molar-refractivity contribution in [3.8, 4) is 0 Å². The molecule has 2 N–H and O–H groups in total. The number of nitrogens with one attached hydrogen (secondary N) is 2. The number of nitrogens with zero attached hydrogens (tertiary/aromatic N) is 1. The molecule has 0 spiro atoms. The minimum atomic E-state index is -0.146. The van der Waals surface area contributed by atoms with E-state index in [2.05, 4.69) is 10.6 Å². The summed E-state index contributed by atoms with van der Waals surface area (Å²) in [7, 11) is 1.80. The Kier molecular flexibility index (Phi) is 6.46. The second-order valence-electron chi connectivity index (χ2n) is 6.81. The highest BCUT2D eigenvalue weighted by Gasteiger charge is 2.22. The molecule has 1 aromatic rings. The van der Waals surface area contributed by atoms with Gasteiger partial charge in [0.2, 0.25) is 0 Å². The summed E-state index contributed by atoms with van der Waals surface area (Å²) in [6.45, 7) is 2.69. The van der Waals surface area contributed by atoms with Crippen LogP contribution in [0.15, 0.2) is 24.3 Å². The highest BCUT2D eigenvalue weighted by atomic mass is 16.5. The zero-order valence-corrected chi connectivity index (χ0v) is 15.2. The van der Waals surface area contributed by atoms with E-state index in [0.29, 0.717) is 31.0 Å². The van der Waals surface area contributed by atoms with Crippen molar-refractivity contribution in [1.29, 1.82) is 0 Å². The first-order chi connectivity index (χ1) is 12.6. The number of carbonyl (C=O) groups excluding carboxylic acids is 2. The average molecular weight is 361 g/mol. The van der Waals surface area contributed by atoms with Crippen molar-refractivity contribution in [3.05, 3.63) is 29.8 Å². The molecule has 1 unspecified atom stereocenters. The van der Waals surface area contributed by atoms with Gasteiger partial charge in [0.05, 0.1) is 6.10 Å². The fraction of sp³-hybridized carbons (Fsp3) is 0.579. The molecular weight excluding hydrogens is 334 g/mol. The van der Waals surface area contributed by atoms with E-state index in [-0.39, 0.29) is 24.1 Å². The number of hydrogen-bond donors (Lipinski definition) is 2. The van der Waals surface area contributed by atoms with Crippen LogP contribution in [0.25, 0.3) is 0 Å². The van der Waals surface area contributed by atoms with Crippen molar-refractivity contribution < 1.29 is 19.1 Å². The normalized spacial score (nSPS) is 20.6. The van der Waals surface area contributed by atoms with Gasteiger partial charge in [-0.3, -0.25) is 4.79 Å². The number of hydrogen-bond acceptors (Lipinski definition) is 4. The van der Waals surface area contributed by atoms with Crippen molar-refractivity contribution in [2.24, 2.45) is 0 Å². The van der Waals surface area contributed by atoms with Crippen LogP contribution in [0.1, 0.15) is 36.0 Å². The van der Waals surface area contributed by atoms with Crippen molar-refractivity contribution in [3.63, 3.8) is 0 Å². The zero-order chi connectivity index (χ0) is 18.4. The van der Waals surface area contributed by atoms with Crippen LogP contribution in [-0.4, -0.2) is 62.4 Å². The summed E-state index contributed by atoms with van der Waals surface area (Å²) >= 11 is 0. The highest BCUT2D eigenvalue weighted by Crippen LogP contribution is 2.16. The average Bonchev–Trinajstić information content (AvgIpc) is 3.20. The summed E-state index contributed by atoms with van der Waals surface area (Å²) in [4.78, 5) is 26.3. The van der Waals surface area contributed by atoms with Gasteiger partial charge in [-0.2, -0.15) is 0 Å². The minimum absolute atomic E-state index is 0.123. The number of amides is 3. The molecule has 0 aromatic heterocycles. The van der Waals surface area contributed by atoms with Gasteiger partial charge in [-0.15, -0.1) is 0 Å². The summed E-state index contributed by atoms with van der Waals surface area (Å²) in [6.07, 6.45) is 3.88. The van der Waals surface area contributed by atoms with Crippen LogP contribution >= 0.6 is 0 Å². The quantitative estimate of drug-likeness (QED) is 0.843. The van der Waals surface area contributed by atoms with Crippen LogP contribution in [0.3, 0.4) is 0 Å². The third-order valence-electron chi connectivity index (χ3n) is 4.97. The van der Waals surface area contributed by atoms with Gasteiger partial charge < -0.3 is 25.0 Å². The van der Waals surface area contributed by atoms with Gasteiger partial charge in [0.25, 0.3) is 5.91 Å². The molecule has 7 nitrogen and oxygen atoms in total. The number of rotatable bonds is 5. The van der Waals surface area contributed by atoms with E-state index >= 15 is 0 Å². The van der Waals surface area contributed by atoms with Gasteiger partial charge in [0.1, 0.15) is 0 Å². The van der Waals surface area contributed by atoms with Gasteiger partial charge in [-0.25, -0.2) is 4.79 Å². The molecule has 0 radical (unpaired) electrons. The van der Waals surface area contributed by atoms with Crippen molar-refractivity contribution >= 4 is 17.6 Å². The first kappa shape index (κ1) is 18.7.